The lowest BCUT2D eigenvalue weighted by molar-refractivity contribution is 0.154. The highest BCUT2D eigenvalue weighted by atomic mass is 19.1. The number of carbonyl (C=O) groups is 1. The summed E-state index contributed by atoms with van der Waals surface area (Å²) in [5.41, 5.74) is 4.84. The van der Waals surface area contributed by atoms with Crippen molar-refractivity contribution in [3.63, 3.8) is 0 Å². The molecule has 1 amide bonds. The molecule has 3 heterocycles. The summed E-state index contributed by atoms with van der Waals surface area (Å²) in [6, 6.07) is 18.5. The second-order valence-corrected chi connectivity index (χ2v) is 7.34. The number of ether oxygens (including phenoxy) is 1. The Labute approximate surface area is 168 Å². The molecule has 0 N–H and O–H groups in total. The number of carbonyl (C=O) groups excluding carboxylic acids is 1. The molecule has 1 aromatic heterocycles. The molecule has 3 aromatic rings. The predicted molar refractivity (Wildman–Crippen MR) is 109 cm³/mol. The zero-order valence-electron chi connectivity index (χ0n) is 15.7. The van der Waals surface area contributed by atoms with Gasteiger partial charge in [-0.3, -0.25) is 9.88 Å². The molecule has 0 spiro atoms. The second-order valence-electron chi connectivity index (χ2n) is 7.34. The van der Waals surface area contributed by atoms with Gasteiger partial charge in [-0.2, -0.15) is 0 Å². The molecule has 5 rings (SSSR count). The molecular weight excluding hydrogens is 367 g/mol. The van der Waals surface area contributed by atoms with Crippen LogP contribution in [0.5, 0.6) is 0 Å². The van der Waals surface area contributed by atoms with Crippen LogP contribution in [0.25, 0.3) is 17.2 Å². The number of aromatic nitrogens is 1. The van der Waals surface area contributed by atoms with E-state index in [4.69, 9.17) is 4.74 Å². The number of cyclic esters (lactones) is 1. The Morgan fingerprint density at radius 1 is 1.07 bits per heavy atom. The van der Waals surface area contributed by atoms with Gasteiger partial charge < -0.3 is 4.74 Å². The normalized spacial score (nSPS) is 20.4. The smallest absolute Gasteiger partial charge is 0.410 e. The molecule has 1 unspecified atom stereocenters. The minimum absolute atomic E-state index is 0.000201. The van der Waals surface area contributed by atoms with Crippen LogP contribution in [0.3, 0.4) is 0 Å². The monoisotopic (exact) mass is 386 g/mol. The highest BCUT2D eigenvalue weighted by Crippen LogP contribution is 2.37. The van der Waals surface area contributed by atoms with E-state index in [0.29, 0.717) is 13.2 Å². The summed E-state index contributed by atoms with van der Waals surface area (Å²) in [5.74, 6) is -0.212. The van der Waals surface area contributed by atoms with Gasteiger partial charge in [0, 0.05) is 24.2 Å². The molecule has 2 aliphatic heterocycles. The van der Waals surface area contributed by atoms with E-state index < -0.39 is 0 Å². The Balaban J connectivity index is 1.42. The first kappa shape index (κ1) is 17.6. The number of rotatable bonds is 3. The summed E-state index contributed by atoms with van der Waals surface area (Å²) in [4.78, 5) is 18.4. The zero-order valence-corrected chi connectivity index (χ0v) is 15.7. The first-order valence-electron chi connectivity index (χ1n) is 9.60. The molecule has 2 aromatic carbocycles. The Bertz CT molecular complexity index is 1090. The number of amides is 1. The molecule has 1 saturated heterocycles. The van der Waals surface area contributed by atoms with Gasteiger partial charge in [-0.15, -0.1) is 0 Å². The van der Waals surface area contributed by atoms with E-state index in [1.165, 1.54) is 17.7 Å². The van der Waals surface area contributed by atoms with Gasteiger partial charge in [0.05, 0.1) is 11.7 Å². The molecule has 29 heavy (non-hydrogen) atoms. The van der Waals surface area contributed by atoms with E-state index in [-0.39, 0.29) is 23.9 Å². The molecule has 0 saturated carbocycles. The van der Waals surface area contributed by atoms with Crippen molar-refractivity contribution < 1.29 is 13.9 Å². The van der Waals surface area contributed by atoms with Gasteiger partial charge in [0.2, 0.25) is 0 Å². The maximum absolute atomic E-state index is 13.4. The Hall–Kier alpha value is -3.47. The summed E-state index contributed by atoms with van der Waals surface area (Å²) < 4.78 is 18.7. The fraction of sp³-hybridized carbons (Fsp3) is 0.167. The molecule has 2 aliphatic rings. The van der Waals surface area contributed by atoms with E-state index in [2.05, 4.69) is 23.2 Å². The molecule has 1 fully saturated rings. The third-order valence-electron chi connectivity index (χ3n) is 5.60. The summed E-state index contributed by atoms with van der Waals surface area (Å²) >= 11 is 0. The van der Waals surface area contributed by atoms with Crippen molar-refractivity contribution in [1.82, 2.24) is 9.88 Å². The average molecular weight is 386 g/mol. The van der Waals surface area contributed by atoms with Crippen molar-refractivity contribution in [3.05, 3.63) is 95.6 Å². The highest BCUT2D eigenvalue weighted by Gasteiger charge is 2.42. The lowest BCUT2D eigenvalue weighted by Crippen LogP contribution is -2.41. The third-order valence-corrected chi connectivity index (χ3v) is 5.60. The summed E-state index contributed by atoms with van der Waals surface area (Å²) in [6.45, 7) is 0.985. The van der Waals surface area contributed by atoms with E-state index >= 15 is 0 Å². The lowest BCUT2D eigenvalue weighted by Gasteiger charge is -2.34. The number of hydrogen-bond donors (Lipinski definition) is 0. The van der Waals surface area contributed by atoms with Crippen LogP contribution in [0.4, 0.5) is 9.18 Å². The number of halogens is 1. The van der Waals surface area contributed by atoms with Crippen molar-refractivity contribution in [2.24, 2.45) is 0 Å². The summed E-state index contributed by atoms with van der Waals surface area (Å²) in [6.07, 6.45) is 5.57. The predicted octanol–water partition coefficient (Wildman–Crippen LogP) is 5.02. The van der Waals surface area contributed by atoms with Gasteiger partial charge in [-0.1, -0.05) is 48.5 Å². The van der Waals surface area contributed by atoms with E-state index in [9.17, 15) is 9.18 Å². The number of nitrogens with zero attached hydrogens (tertiary/aromatic N) is 2. The Morgan fingerprint density at radius 3 is 2.79 bits per heavy atom. The van der Waals surface area contributed by atoms with E-state index in [0.717, 1.165) is 22.4 Å². The van der Waals surface area contributed by atoms with Gasteiger partial charge in [0.25, 0.3) is 0 Å². The maximum Gasteiger partial charge on any atom is 0.410 e. The number of fused-ring (bicyclic) bond motifs is 2. The van der Waals surface area contributed by atoms with Crippen LogP contribution < -0.4 is 0 Å². The third kappa shape index (κ3) is 3.29. The first-order valence-corrected chi connectivity index (χ1v) is 9.60. The number of benzene rings is 2. The average Bonchev–Trinajstić information content (AvgIpc) is 3.12. The van der Waals surface area contributed by atoms with Crippen LogP contribution in [-0.4, -0.2) is 28.6 Å². The van der Waals surface area contributed by atoms with Crippen molar-refractivity contribution in [2.75, 3.05) is 6.61 Å². The van der Waals surface area contributed by atoms with E-state index in [1.807, 2.05) is 36.4 Å². The van der Waals surface area contributed by atoms with Crippen molar-refractivity contribution in [1.29, 1.82) is 0 Å². The lowest BCUT2D eigenvalue weighted by atomic mass is 9.84. The van der Waals surface area contributed by atoms with Gasteiger partial charge >= 0.3 is 6.09 Å². The van der Waals surface area contributed by atoms with Gasteiger partial charge in [0.15, 0.2) is 0 Å². The van der Waals surface area contributed by atoms with Crippen molar-refractivity contribution in [3.8, 4) is 11.1 Å². The SMILES string of the molecule is O=C1OC[C@H]2C(/C=C/c3ccc(-c4cccc(F)c4)cn3)c3ccccc3CN12. The van der Waals surface area contributed by atoms with Crippen LogP contribution in [0, 0.1) is 5.82 Å². The van der Waals surface area contributed by atoms with Gasteiger partial charge in [-0.05, 0) is 41.0 Å². The van der Waals surface area contributed by atoms with Gasteiger partial charge in [-0.25, -0.2) is 9.18 Å². The fourth-order valence-corrected chi connectivity index (χ4v) is 4.12. The molecule has 5 heteroatoms. The van der Waals surface area contributed by atoms with Crippen LogP contribution in [0.1, 0.15) is 22.7 Å². The zero-order chi connectivity index (χ0) is 19.8. The summed E-state index contributed by atoms with van der Waals surface area (Å²) in [7, 11) is 0. The van der Waals surface area contributed by atoms with Crippen molar-refractivity contribution in [2.45, 2.75) is 18.5 Å². The topological polar surface area (TPSA) is 42.4 Å². The van der Waals surface area contributed by atoms with Crippen molar-refractivity contribution >= 4 is 12.2 Å². The molecule has 4 nitrogen and oxygen atoms in total. The minimum atomic E-state index is -0.264. The molecule has 144 valence electrons. The second kappa shape index (κ2) is 7.17. The Kier molecular flexibility index (Phi) is 4.35. The van der Waals surface area contributed by atoms with Crippen LogP contribution in [-0.2, 0) is 11.3 Å². The summed E-state index contributed by atoms with van der Waals surface area (Å²) in [5, 5.41) is 0. The fourth-order valence-electron chi connectivity index (χ4n) is 4.12. The maximum atomic E-state index is 13.4. The van der Waals surface area contributed by atoms with Crippen LogP contribution >= 0.6 is 0 Å². The largest absolute Gasteiger partial charge is 0.447 e. The molecule has 2 atom stereocenters. The molecule has 0 radical (unpaired) electrons. The van der Waals surface area contributed by atoms with E-state index in [1.54, 1.807) is 17.2 Å². The first-order chi connectivity index (χ1) is 14.2. The highest BCUT2D eigenvalue weighted by molar-refractivity contribution is 5.72. The number of hydrogen-bond acceptors (Lipinski definition) is 3. The molecule has 0 aliphatic carbocycles. The molecule has 0 bridgehead atoms. The molecular formula is C24H19FN2O2. The number of pyridine rings is 1. The quantitative estimate of drug-likeness (QED) is 0.635. The Morgan fingerprint density at radius 2 is 1.97 bits per heavy atom. The minimum Gasteiger partial charge on any atom is -0.447 e. The van der Waals surface area contributed by atoms with Gasteiger partial charge in [0.1, 0.15) is 12.4 Å². The standard InChI is InChI=1S/C24H19FN2O2/c25-19-6-3-5-16(12-19)17-8-9-20(26-13-17)10-11-22-21-7-2-1-4-18(21)14-27-23(22)15-29-24(27)28/h1-13,22-23H,14-15H2/b11-10+/t22?,23-/m0/s1. The van der Waals surface area contributed by atoms with Crippen LogP contribution in [0.15, 0.2) is 72.9 Å². The van der Waals surface area contributed by atoms with Crippen LogP contribution in [0.2, 0.25) is 0 Å².